The van der Waals surface area contributed by atoms with Gasteiger partial charge >= 0.3 is 5.97 Å². The molecule has 0 bridgehead atoms. The largest absolute Gasteiger partial charge is 0.494 e. The highest BCUT2D eigenvalue weighted by atomic mass is 16.5. The van der Waals surface area contributed by atoms with E-state index in [1.54, 1.807) is 18.2 Å². The molecule has 2 N–H and O–H groups in total. The van der Waals surface area contributed by atoms with Crippen LogP contribution in [0.5, 0.6) is 5.75 Å². The molecule has 0 spiro atoms. The maximum atomic E-state index is 12.1. The zero-order chi connectivity index (χ0) is 15.2. The fourth-order valence-electron chi connectivity index (χ4n) is 1.99. The number of carbonyl (C=O) groups excluding carboxylic acids is 1. The van der Waals surface area contributed by atoms with E-state index in [1.807, 2.05) is 38.1 Å². The predicted molar refractivity (Wildman–Crippen MR) is 82.3 cm³/mol. The monoisotopic (exact) mass is 285 g/mol. The van der Waals surface area contributed by atoms with Crippen molar-refractivity contribution in [2.24, 2.45) is 0 Å². The summed E-state index contributed by atoms with van der Waals surface area (Å²) in [5.41, 5.74) is 8.72. The Kier molecular flexibility index (Phi) is 4.82. The Morgan fingerprint density at radius 2 is 1.95 bits per heavy atom. The van der Waals surface area contributed by atoms with Crippen LogP contribution in [0.25, 0.3) is 0 Å². The second-order valence-electron chi connectivity index (χ2n) is 4.73. The third-order valence-corrected chi connectivity index (χ3v) is 3.10. The molecular weight excluding hydrogens is 266 g/mol. The van der Waals surface area contributed by atoms with Crippen LogP contribution in [0, 0.1) is 6.92 Å². The summed E-state index contributed by atoms with van der Waals surface area (Å²) in [6, 6.07) is 12.7. The van der Waals surface area contributed by atoms with Crippen molar-refractivity contribution in [3.05, 3.63) is 59.2 Å². The van der Waals surface area contributed by atoms with Gasteiger partial charge in [-0.3, -0.25) is 0 Å². The van der Waals surface area contributed by atoms with Crippen molar-refractivity contribution < 1.29 is 14.3 Å². The molecule has 0 saturated heterocycles. The number of hydrogen-bond donors (Lipinski definition) is 1. The summed E-state index contributed by atoms with van der Waals surface area (Å²) < 4.78 is 10.7. The number of aryl methyl sites for hydroxylation is 1. The Morgan fingerprint density at radius 1 is 1.19 bits per heavy atom. The minimum atomic E-state index is -0.411. The number of hydrogen-bond acceptors (Lipinski definition) is 4. The van der Waals surface area contributed by atoms with Gasteiger partial charge in [-0.15, -0.1) is 0 Å². The van der Waals surface area contributed by atoms with E-state index < -0.39 is 5.97 Å². The molecule has 0 atom stereocenters. The van der Waals surface area contributed by atoms with Gasteiger partial charge in [0.1, 0.15) is 12.4 Å². The highest BCUT2D eigenvalue weighted by Crippen LogP contribution is 2.20. The molecule has 4 heteroatoms. The van der Waals surface area contributed by atoms with E-state index in [0.29, 0.717) is 23.6 Å². The van der Waals surface area contributed by atoms with Gasteiger partial charge in [-0.25, -0.2) is 4.79 Å². The van der Waals surface area contributed by atoms with E-state index in [9.17, 15) is 4.79 Å². The maximum absolute atomic E-state index is 12.1. The van der Waals surface area contributed by atoms with Crippen molar-refractivity contribution in [3.8, 4) is 5.75 Å². The fraction of sp³-hybridized carbons (Fsp3) is 0.235. The summed E-state index contributed by atoms with van der Waals surface area (Å²) >= 11 is 0. The van der Waals surface area contributed by atoms with Crippen molar-refractivity contribution in [1.82, 2.24) is 0 Å². The van der Waals surface area contributed by atoms with Crippen molar-refractivity contribution in [3.63, 3.8) is 0 Å². The van der Waals surface area contributed by atoms with Gasteiger partial charge in [0, 0.05) is 11.8 Å². The summed E-state index contributed by atoms with van der Waals surface area (Å²) in [6.07, 6.45) is 0. The van der Waals surface area contributed by atoms with Gasteiger partial charge in [0.05, 0.1) is 12.2 Å². The van der Waals surface area contributed by atoms with Gasteiger partial charge in [-0.05, 0) is 37.1 Å². The lowest BCUT2D eigenvalue weighted by Gasteiger charge is -2.09. The van der Waals surface area contributed by atoms with E-state index in [1.165, 1.54) is 0 Å². The summed E-state index contributed by atoms with van der Waals surface area (Å²) in [5.74, 6) is 0.159. The molecule has 0 fully saturated rings. The van der Waals surface area contributed by atoms with E-state index in [0.717, 1.165) is 11.1 Å². The van der Waals surface area contributed by atoms with Crippen LogP contribution >= 0.6 is 0 Å². The van der Waals surface area contributed by atoms with Crippen molar-refractivity contribution in [2.75, 3.05) is 12.3 Å². The van der Waals surface area contributed by atoms with E-state index in [4.69, 9.17) is 15.2 Å². The van der Waals surface area contributed by atoms with Gasteiger partial charge < -0.3 is 15.2 Å². The maximum Gasteiger partial charge on any atom is 0.338 e. The molecule has 0 aliphatic rings. The SMILES string of the molecule is CCOc1cc(N)cc(C(=O)OCc2ccccc2C)c1. The van der Waals surface area contributed by atoms with Gasteiger partial charge in [-0.2, -0.15) is 0 Å². The van der Waals surface area contributed by atoms with E-state index in [-0.39, 0.29) is 6.61 Å². The molecule has 0 aromatic heterocycles. The molecule has 2 rings (SSSR count). The predicted octanol–water partition coefficient (Wildman–Crippen LogP) is 3.33. The molecule has 4 nitrogen and oxygen atoms in total. The van der Waals surface area contributed by atoms with Gasteiger partial charge in [0.25, 0.3) is 0 Å². The molecule has 0 aliphatic carbocycles. The summed E-state index contributed by atoms with van der Waals surface area (Å²) in [5, 5.41) is 0. The average molecular weight is 285 g/mol. The third kappa shape index (κ3) is 3.99. The lowest BCUT2D eigenvalue weighted by atomic mass is 10.1. The molecule has 0 heterocycles. The van der Waals surface area contributed by atoms with Crippen molar-refractivity contribution in [1.29, 1.82) is 0 Å². The van der Waals surface area contributed by atoms with Gasteiger partial charge in [-0.1, -0.05) is 24.3 Å². The van der Waals surface area contributed by atoms with Crippen LogP contribution in [0.1, 0.15) is 28.4 Å². The number of esters is 1. The van der Waals surface area contributed by atoms with Crippen LogP contribution < -0.4 is 10.5 Å². The van der Waals surface area contributed by atoms with Crippen LogP contribution in [0.2, 0.25) is 0 Å². The quantitative estimate of drug-likeness (QED) is 0.676. The summed E-state index contributed by atoms with van der Waals surface area (Å²) in [4.78, 5) is 12.1. The van der Waals surface area contributed by atoms with E-state index >= 15 is 0 Å². The van der Waals surface area contributed by atoms with Crippen LogP contribution in [0.15, 0.2) is 42.5 Å². The number of ether oxygens (including phenoxy) is 2. The van der Waals surface area contributed by atoms with Crippen LogP contribution in [0.3, 0.4) is 0 Å². The highest BCUT2D eigenvalue weighted by molar-refractivity contribution is 5.91. The Morgan fingerprint density at radius 3 is 2.67 bits per heavy atom. The Balaban J connectivity index is 2.08. The number of rotatable bonds is 5. The average Bonchev–Trinajstić information content (AvgIpc) is 2.46. The minimum absolute atomic E-state index is 0.240. The van der Waals surface area contributed by atoms with Crippen LogP contribution in [-0.2, 0) is 11.3 Å². The van der Waals surface area contributed by atoms with Gasteiger partial charge in [0.15, 0.2) is 0 Å². The summed E-state index contributed by atoms with van der Waals surface area (Å²) in [6.45, 7) is 4.61. The Hall–Kier alpha value is -2.49. The first kappa shape index (κ1) is 14.9. The topological polar surface area (TPSA) is 61.5 Å². The second kappa shape index (κ2) is 6.79. The Labute approximate surface area is 124 Å². The number of benzene rings is 2. The smallest absolute Gasteiger partial charge is 0.338 e. The molecule has 2 aromatic carbocycles. The number of carbonyl (C=O) groups is 1. The summed E-state index contributed by atoms with van der Waals surface area (Å²) in [7, 11) is 0. The fourth-order valence-corrected chi connectivity index (χ4v) is 1.99. The standard InChI is InChI=1S/C17H19NO3/c1-3-20-16-9-14(8-15(18)10-16)17(19)21-11-13-7-5-4-6-12(13)2/h4-10H,3,11,18H2,1-2H3. The second-order valence-corrected chi connectivity index (χ2v) is 4.73. The molecule has 0 radical (unpaired) electrons. The molecule has 2 aromatic rings. The molecule has 0 aliphatic heterocycles. The first-order valence-electron chi connectivity index (χ1n) is 6.85. The van der Waals surface area contributed by atoms with Crippen LogP contribution in [-0.4, -0.2) is 12.6 Å². The molecule has 0 amide bonds. The van der Waals surface area contributed by atoms with Crippen LogP contribution in [0.4, 0.5) is 5.69 Å². The lowest BCUT2D eigenvalue weighted by molar-refractivity contribution is 0.0471. The number of nitrogen functional groups attached to an aromatic ring is 1. The van der Waals surface area contributed by atoms with Crippen molar-refractivity contribution in [2.45, 2.75) is 20.5 Å². The zero-order valence-corrected chi connectivity index (χ0v) is 12.3. The molecule has 0 unspecified atom stereocenters. The third-order valence-electron chi connectivity index (χ3n) is 3.10. The normalized spacial score (nSPS) is 10.2. The molecule has 110 valence electrons. The molecule has 21 heavy (non-hydrogen) atoms. The number of anilines is 1. The van der Waals surface area contributed by atoms with Gasteiger partial charge in [0.2, 0.25) is 0 Å². The van der Waals surface area contributed by atoms with E-state index in [2.05, 4.69) is 0 Å². The lowest BCUT2D eigenvalue weighted by Crippen LogP contribution is -2.07. The minimum Gasteiger partial charge on any atom is -0.494 e. The molecular formula is C17H19NO3. The first-order valence-corrected chi connectivity index (χ1v) is 6.85. The highest BCUT2D eigenvalue weighted by Gasteiger charge is 2.11. The number of nitrogens with two attached hydrogens (primary N) is 1. The Bertz CT molecular complexity index is 638. The first-order chi connectivity index (χ1) is 10.1. The molecule has 0 saturated carbocycles. The zero-order valence-electron chi connectivity index (χ0n) is 12.3. The van der Waals surface area contributed by atoms with Crippen molar-refractivity contribution >= 4 is 11.7 Å².